The van der Waals surface area contributed by atoms with Crippen LogP contribution in [0.3, 0.4) is 0 Å². The highest BCUT2D eigenvalue weighted by Gasteiger charge is 2.55. The van der Waals surface area contributed by atoms with Crippen molar-refractivity contribution in [2.24, 2.45) is 0 Å². The van der Waals surface area contributed by atoms with Crippen molar-refractivity contribution in [3.05, 3.63) is 44.2 Å². The molecule has 1 aromatic heterocycles. The Labute approximate surface area is 145 Å². The second-order valence-electron chi connectivity index (χ2n) is 6.40. The molecule has 1 spiro atoms. The Kier molecular flexibility index (Phi) is 3.05. The Hall–Kier alpha value is -2.35. The molecule has 124 valence electrons. The number of H-pyrrole nitrogens is 1. The van der Waals surface area contributed by atoms with Crippen LogP contribution in [0.2, 0.25) is 0 Å². The van der Waals surface area contributed by atoms with E-state index in [-0.39, 0.29) is 29.8 Å². The van der Waals surface area contributed by atoms with Gasteiger partial charge in [-0.05, 0) is 37.6 Å². The van der Waals surface area contributed by atoms with Gasteiger partial charge in [0.1, 0.15) is 11.2 Å². The van der Waals surface area contributed by atoms with E-state index in [1.807, 2.05) is 19.9 Å². The number of amides is 2. The van der Waals surface area contributed by atoms with Crippen LogP contribution in [-0.4, -0.2) is 21.6 Å². The van der Waals surface area contributed by atoms with Gasteiger partial charge in [-0.2, -0.15) is 0 Å². The SMILES string of the molecule is CC(C)n1[nH]c(=O)c2c1NC(=O)C[C@@]21C(=O)Nc2ccc(Br)cc21. The first-order chi connectivity index (χ1) is 11.3. The fourth-order valence-electron chi connectivity index (χ4n) is 3.61. The lowest BCUT2D eigenvalue weighted by Gasteiger charge is -2.31. The molecule has 0 radical (unpaired) electrons. The molecule has 2 aromatic rings. The van der Waals surface area contributed by atoms with Crippen LogP contribution >= 0.6 is 15.9 Å². The molecule has 3 N–H and O–H groups in total. The van der Waals surface area contributed by atoms with Crippen LogP contribution in [0.4, 0.5) is 11.5 Å². The van der Waals surface area contributed by atoms with Crippen molar-refractivity contribution in [2.75, 3.05) is 10.6 Å². The number of anilines is 2. The van der Waals surface area contributed by atoms with E-state index in [1.54, 1.807) is 16.8 Å². The Morgan fingerprint density at radius 1 is 1.21 bits per heavy atom. The summed E-state index contributed by atoms with van der Waals surface area (Å²) < 4.78 is 2.38. The summed E-state index contributed by atoms with van der Waals surface area (Å²) >= 11 is 3.41. The van der Waals surface area contributed by atoms with E-state index in [4.69, 9.17) is 0 Å². The van der Waals surface area contributed by atoms with Crippen LogP contribution in [0, 0.1) is 0 Å². The third-order valence-electron chi connectivity index (χ3n) is 4.63. The third-order valence-corrected chi connectivity index (χ3v) is 5.12. The van der Waals surface area contributed by atoms with Crippen LogP contribution < -0.4 is 16.2 Å². The number of hydrogen-bond donors (Lipinski definition) is 3. The second-order valence-corrected chi connectivity index (χ2v) is 7.32. The van der Waals surface area contributed by atoms with E-state index in [9.17, 15) is 14.4 Å². The Bertz CT molecular complexity index is 959. The summed E-state index contributed by atoms with van der Waals surface area (Å²) in [5.74, 6) is -0.271. The number of nitrogens with zero attached hydrogens (tertiary/aromatic N) is 1. The van der Waals surface area contributed by atoms with E-state index in [2.05, 4.69) is 31.7 Å². The smallest absolute Gasteiger partial charge is 0.270 e. The van der Waals surface area contributed by atoms with E-state index in [1.165, 1.54) is 0 Å². The maximum atomic E-state index is 12.9. The summed E-state index contributed by atoms with van der Waals surface area (Å²) in [6.07, 6.45) is -0.0968. The lowest BCUT2D eigenvalue weighted by Crippen LogP contribution is -2.46. The minimum absolute atomic E-state index is 0.0663. The van der Waals surface area contributed by atoms with Gasteiger partial charge < -0.3 is 10.6 Å². The first-order valence-electron chi connectivity index (χ1n) is 7.61. The molecule has 0 unspecified atom stereocenters. The molecule has 7 nitrogen and oxygen atoms in total. The quantitative estimate of drug-likeness (QED) is 0.695. The number of hydrogen-bond acceptors (Lipinski definition) is 3. The molecule has 0 bridgehead atoms. The molecule has 0 saturated carbocycles. The van der Waals surface area contributed by atoms with Crippen LogP contribution in [0.1, 0.15) is 37.4 Å². The highest BCUT2D eigenvalue weighted by Crippen LogP contribution is 2.49. The van der Waals surface area contributed by atoms with Crippen LogP contribution in [0.25, 0.3) is 0 Å². The zero-order valence-corrected chi connectivity index (χ0v) is 14.7. The predicted molar refractivity (Wildman–Crippen MR) is 92.2 cm³/mol. The van der Waals surface area contributed by atoms with Gasteiger partial charge in [0.25, 0.3) is 5.56 Å². The Morgan fingerprint density at radius 3 is 2.67 bits per heavy atom. The molecule has 1 aromatic carbocycles. The first-order valence-corrected chi connectivity index (χ1v) is 8.40. The summed E-state index contributed by atoms with van der Waals surface area (Å²) in [4.78, 5) is 37.9. The van der Waals surface area contributed by atoms with Gasteiger partial charge in [0.05, 0.1) is 12.0 Å². The van der Waals surface area contributed by atoms with Crippen LogP contribution in [-0.2, 0) is 15.0 Å². The molecule has 2 aliphatic rings. The molecule has 24 heavy (non-hydrogen) atoms. The summed E-state index contributed by atoms with van der Waals surface area (Å²) in [5, 5.41) is 8.31. The van der Waals surface area contributed by atoms with Gasteiger partial charge in [0.2, 0.25) is 11.8 Å². The second kappa shape index (κ2) is 4.83. The van der Waals surface area contributed by atoms with E-state index < -0.39 is 5.41 Å². The summed E-state index contributed by atoms with van der Waals surface area (Å²) in [6.45, 7) is 3.78. The predicted octanol–water partition coefficient (Wildman–Crippen LogP) is 2.10. The average Bonchev–Trinajstić information content (AvgIpc) is 2.97. The maximum absolute atomic E-state index is 12.9. The van der Waals surface area contributed by atoms with Crippen molar-refractivity contribution < 1.29 is 9.59 Å². The van der Waals surface area contributed by atoms with Crippen molar-refractivity contribution in [3.63, 3.8) is 0 Å². The summed E-state index contributed by atoms with van der Waals surface area (Å²) in [5.41, 5.74) is -0.0952. The minimum Gasteiger partial charge on any atom is -0.325 e. The molecule has 0 aliphatic carbocycles. The zero-order valence-electron chi connectivity index (χ0n) is 13.1. The largest absolute Gasteiger partial charge is 0.325 e. The molecule has 4 rings (SSSR count). The molecular weight excluding hydrogens is 376 g/mol. The normalized spacial score (nSPS) is 21.7. The molecule has 0 saturated heterocycles. The third kappa shape index (κ3) is 1.80. The van der Waals surface area contributed by atoms with Crippen molar-refractivity contribution in [2.45, 2.75) is 31.7 Å². The summed E-state index contributed by atoms with van der Waals surface area (Å²) in [7, 11) is 0. The highest BCUT2D eigenvalue weighted by atomic mass is 79.9. The number of carbonyl (C=O) groups is 2. The van der Waals surface area contributed by atoms with Gasteiger partial charge in [0, 0.05) is 16.2 Å². The van der Waals surface area contributed by atoms with E-state index >= 15 is 0 Å². The number of aromatic nitrogens is 2. The minimum atomic E-state index is -1.30. The summed E-state index contributed by atoms with van der Waals surface area (Å²) in [6, 6.07) is 5.31. The molecule has 3 heterocycles. The molecule has 0 fully saturated rings. The molecular formula is C16H15BrN4O3. The van der Waals surface area contributed by atoms with Gasteiger partial charge in [-0.3, -0.25) is 24.2 Å². The van der Waals surface area contributed by atoms with Crippen molar-refractivity contribution in [1.82, 2.24) is 9.78 Å². The molecule has 2 aliphatic heterocycles. The van der Waals surface area contributed by atoms with Crippen LogP contribution in [0.5, 0.6) is 0 Å². The van der Waals surface area contributed by atoms with E-state index in [0.29, 0.717) is 22.6 Å². The standard InChI is InChI=1S/C16H15BrN4O3/c1-7(2)21-13-12(14(23)20-21)16(6-11(22)19-13)9-5-8(17)3-4-10(9)18-15(16)24/h3-5,7H,6H2,1-2H3,(H,18,24)(H,19,22)(H,20,23)/t16-/m0/s1. The topological polar surface area (TPSA) is 96.0 Å². The van der Waals surface area contributed by atoms with Crippen molar-refractivity contribution >= 4 is 39.2 Å². The van der Waals surface area contributed by atoms with Gasteiger partial charge in [0.15, 0.2) is 0 Å². The molecule has 2 amide bonds. The van der Waals surface area contributed by atoms with Crippen LogP contribution in [0.15, 0.2) is 27.5 Å². The number of fused-ring (bicyclic) bond motifs is 4. The van der Waals surface area contributed by atoms with Gasteiger partial charge in [-0.25, -0.2) is 0 Å². The average molecular weight is 391 g/mol. The zero-order chi connectivity index (χ0) is 17.2. The van der Waals surface area contributed by atoms with E-state index in [0.717, 1.165) is 4.47 Å². The number of benzene rings is 1. The first kappa shape index (κ1) is 15.2. The number of nitrogens with one attached hydrogen (secondary N) is 3. The number of rotatable bonds is 1. The Balaban J connectivity index is 2.09. The fraction of sp³-hybridized carbons (Fsp3) is 0.312. The molecule has 8 heteroatoms. The number of halogens is 1. The van der Waals surface area contributed by atoms with Gasteiger partial charge in [-0.1, -0.05) is 15.9 Å². The Morgan fingerprint density at radius 2 is 1.96 bits per heavy atom. The number of aromatic amines is 1. The molecule has 1 atom stereocenters. The lowest BCUT2D eigenvalue weighted by atomic mass is 9.71. The van der Waals surface area contributed by atoms with Crippen molar-refractivity contribution in [3.8, 4) is 0 Å². The van der Waals surface area contributed by atoms with Gasteiger partial charge in [-0.15, -0.1) is 0 Å². The maximum Gasteiger partial charge on any atom is 0.270 e. The number of carbonyl (C=O) groups excluding carboxylic acids is 2. The highest BCUT2D eigenvalue weighted by molar-refractivity contribution is 9.10. The monoisotopic (exact) mass is 390 g/mol. The van der Waals surface area contributed by atoms with Crippen molar-refractivity contribution in [1.29, 1.82) is 0 Å². The lowest BCUT2D eigenvalue weighted by molar-refractivity contribution is -0.125. The van der Waals surface area contributed by atoms with Gasteiger partial charge >= 0.3 is 0 Å². The fourth-order valence-corrected chi connectivity index (χ4v) is 3.98.